The van der Waals surface area contributed by atoms with Crippen molar-refractivity contribution in [3.63, 3.8) is 0 Å². The van der Waals surface area contributed by atoms with Crippen LogP contribution in [0.3, 0.4) is 0 Å². The van der Waals surface area contributed by atoms with Gasteiger partial charge in [-0.1, -0.05) is 12.1 Å². The number of fused-ring (bicyclic) bond motifs is 1. The van der Waals surface area contributed by atoms with E-state index in [1.54, 1.807) is 25.4 Å². The summed E-state index contributed by atoms with van der Waals surface area (Å²) in [5, 5.41) is 2.96. The van der Waals surface area contributed by atoms with Gasteiger partial charge in [-0.25, -0.2) is 4.98 Å². The summed E-state index contributed by atoms with van der Waals surface area (Å²) in [7, 11) is 3.29. The first-order chi connectivity index (χ1) is 16.1. The van der Waals surface area contributed by atoms with Crippen LogP contribution in [0.1, 0.15) is 47.1 Å². The Hall–Kier alpha value is -2.91. The molecule has 0 bridgehead atoms. The molecule has 3 heterocycles. The topological polar surface area (TPSA) is 94.9 Å². The van der Waals surface area contributed by atoms with Crippen LogP contribution < -0.4 is 10.1 Å². The highest BCUT2D eigenvalue weighted by molar-refractivity contribution is 5.93. The van der Waals surface area contributed by atoms with E-state index in [4.69, 9.17) is 14.2 Å². The molecule has 0 spiro atoms. The van der Waals surface area contributed by atoms with Crippen molar-refractivity contribution in [2.45, 2.75) is 38.5 Å². The number of hydrogen-bond donors (Lipinski definition) is 1. The Morgan fingerprint density at radius 3 is 2.64 bits per heavy atom. The second-order valence-electron chi connectivity index (χ2n) is 8.47. The maximum atomic E-state index is 13.1. The molecule has 178 valence electrons. The SMILES string of the molecule is COCCCNC(=O)C1CCN(C(=O)c2ncn3c2CO[C@H](c2ccc(OC)cc2)C3)CC1. The summed E-state index contributed by atoms with van der Waals surface area (Å²) in [6.07, 6.45) is 3.74. The Kier molecular flexibility index (Phi) is 7.61. The quantitative estimate of drug-likeness (QED) is 0.612. The molecular weight excluding hydrogens is 424 g/mol. The Balaban J connectivity index is 1.32. The van der Waals surface area contributed by atoms with Crippen molar-refractivity contribution in [3.8, 4) is 5.75 Å². The number of ether oxygens (including phenoxy) is 3. The second-order valence-corrected chi connectivity index (χ2v) is 8.47. The van der Waals surface area contributed by atoms with Gasteiger partial charge in [0, 0.05) is 39.3 Å². The number of carbonyl (C=O) groups excluding carboxylic acids is 2. The van der Waals surface area contributed by atoms with Gasteiger partial charge >= 0.3 is 0 Å². The molecule has 0 radical (unpaired) electrons. The van der Waals surface area contributed by atoms with Gasteiger partial charge in [-0.3, -0.25) is 9.59 Å². The van der Waals surface area contributed by atoms with Crippen molar-refractivity contribution in [2.75, 3.05) is 40.5 Å². The molecule has 1 aromatic carbocycles. The molecule has 33 heavy (non-hydrogen) atoms. The normalized spacial score (nSPS) is 18.6. The molecule has 2 aliphatic rings. The number of benzene rings is 1. The zero-order valence-electron chi connectivity index (χ0n) is 19.3. The van der Waals surface area contributed by atoms with Crippen LogP contribution in [0.4, 0.5) is 0 Å². The van der Waals surface area contributed by atoms with Gasteiger partial charge < -0.3 is 29.0 Å². The van der Waals surface area contributed by atoms with Crippen molar-refractivity contribution in [2.24, 2.45) is 5.92 Å². The van der Waals surface area contributed by atoms with Crippen LogP contribution in [0.25, 0.3) is 0 Å². The Labute approximate surface area is 194 Å². The Morgan fingerprint density at radius 2 is 1.94 bits per heavy atom. The third-order valence-electron chi connectivity index (χ3n) is 6.40. The van der Waals surface area contributed by atoms with Crippen LogP contribution in [-0.2, 0) is 27.4 Å². The zero-order chi connectivity index (χ0) is 23.2. The third-order valence-corrected chi connectivity index (χ3v) is 6.40. The molecule has 9 heteroatoms. The lowest BCUT2D eigenvalue weighted by Gasteiger charge is -2.31. The van der Waals surface area contributed by atoms with E-state index in [0.29, 0.717) is 57.9 Å². The van der Waals surface area contributed by atoms with Gasteiger partial charge in [0.2, 0.25) is 5.91 Å². The lowest BCUT2D eigenvalue weighted by molar-refractivity contribution is -0.126. The molecule has 1 fully saturated rings. The minimum atomic E-state index is -0.0984. The van der Waals surface area contributed by atoms with E-state index < -0.39 is 0 Å². The van der Waals surface area contributed by atoms with Crippen LogP contribution in [0.15, 0.2) is 30.6 Å². The number of imidazole rings is 1. The maximum absolute atomic E-state index is 13.1. The molecule has 0 aliphatic carbocycles. The summed E-state index contributed by atoms with van der Waals surface area (Å²) < 4.78 is 18.3. The molecule has 0 saturated carbocycles. The predicted molar refractivity (Wildman–Crippen MR) is 121 cm³/mol. The van der Waals surface area contributed by atoms with Crippen molar-refractivity contribution in [1.29, 1.82) is 0 Å². The van der Waals surface area contributed by atoms with Crippen LogP contribution in [0.2, 0.25) is 0 Å². The number of nitrogens with zero attached hydrogens (tertiary/aromatic N) is 3. The Bertz CT molecular complexity index is 950. The molecule has 1 aromatic heterocycles. The molecule has 1 saturated heterocycles. The highest BCUT2D eigenvalue weighted by atomic mass is 16.5. The number of likely N-dealkylation sites (tertiary alicyclic amines) is 1. The molecule has 1 N–H and O–H groups in total. The molecule has 2 aromatic rings. The van der Waals surface area contributed by atoms with Gasteiger partial charge in [0.05, 0.1) is 32.3 Å². The van der Waals surface area contributed by atoms with Gasteiger partial charge in [-0.15, -0.1) is 0 Å². The minimum Gasteiger partial charge on any atom is -0.497 e. The number of piperidine rings is 1. The van der Waals surface area contributed by atoms with E-state index in [1.807, 2.05) is 28.8 Å². The standard InChI is InChI=1S/C24H32N4O5/c1-31-13-3-10-25-23(29)18-8-11-27(12-9-18)24(30)22-20-15-33-21(14-28(20)16-26-22)17-4-6-19(32-2)7-5-17/h4-7,16,18,21H,3,8-15H2,1-2H3,(H,25,29)/t21-/m0/s1. The van der Waals surface area contributed by atoms with Crippen molar-refractivity contribution < 1.29 is 23.8 Å². The average molecular weight is 457 g/mol. The van der Waals surface area contributed by atoms with E-state index in [2.05, 4.69) is 10.3 Å². The molecule has 1 atom stereocenters. The largest absolute Gasteiger partial charge is 0.497 e. The Morgan fingerprint density at radius 1 is 1.18 bits per heavy atom. The summed E-state index contributed by atoms with van der Waals surface area (Å²) in [6, 6.07) is 7.83. The number of methoxy groups -OCH3 is 2. The van der Waals surface area contributed by atoms with Crippen LogP contribution in [-0.4, -0.2) is 66.7 Å². The zero-order valence-corrected chi connectivity index (χ0v) is 19.3. The van der Waals surface area contributed by atoms with E-state index in [1.165, 1.54) is 0 Å². The minimum absolute atomic E-state index is 0.0545. The van der Waals surface area contributed by atoms with E-state index in [-0.39, 0.29) is 23.8 Å². The number of hydrogen-bond acceptors (Lipinski definition) is 6. The number of rotatable bonds is 8. The van der Waals surface area contributed by atoms with E-state index in [0.717, 1.165) is 23.4 Å². The number of aromatic nitrogens is 2. The summed E-state index contributed by atoms with van der Waals surface area (Å²) in [5.74, 6) is 0.726. The van der Waals surface area contributed by atoms with Crippen LogP contribution >= 0.6 is 0 Å². The van der Waals surface area contributed by atoms with Crippen LogP contribution in [0, 0.1) is 5.92 Å². The van der Waals surface area contributed by atoms with Crippen molar-refractivity contribution in [3.05, 3.63) is 47.5 Å². The average Bonchev–Trinajstić information content (AvgIpc) is 3.29. The lowest BCUT2D eigenvalue weighted by atomic mass is 9.95. The van der Waals surface area contributed by atoms with Crippen molar-refractivity contribution in [1.82, 2.24) is 19.8 Å². The first-order valence-corrected chi connectivity index (χ1v) is 11.5. The maximum Gasteiger partial charge on any atom is 0.274 e. The highest BCUT2D eigenvalue weighted by Gasteiger charge is 2.32. The molecule has 4 rings (SSSR count). The summed E-state index contributed by atoms with van der Waals surface area (Å²) in [6.45, 7) is 3.29. The molecule has 2 amide bonds. The fraction of sp³-hybridized carbons (Fsp3) is 0.542. The molecule has 9 nitrogen and oxygen atoms in total. The number of carbonyl (C=O) groups is 2. The van der Waals surface area contributed by atoms with Gasteiger partial charge in [0.25, 0.3) is 5.91 Å². The highest BCUT2D eigenvalue weighted by Crippen LogP contribution is 2.29. The summed E-state index contributed by atoms with van der Waals surface area (Å²) >= 11 is 0. The van der Waals surface area contributed by atoms with Gasteiger partial charge in [0.15, 0.2) is 5.69 Å². The van der Waals surface area contributed by atoms with Crippen LogP contribution in [0.5, 0.6) is 5.75 Å². The molecule has 2 aliphatic heterocycles. The molecule has 0 unspecified atom stereocenters. The second kappa shape index (κ2) is 10.8. The smallest absolute Gasteiger partial charge is 0.274 e. The van der Waals surface area contributed by atoms with Gasteiger partial charge in [-0.2, -0.15) is 0 Å². The first-order valence-electron chi connectivity index (χ1n) is 11.5. The number of amides is 2. The monoisotopic (exact) mass is 456 g/mol. The van der Waals surface area contributed by atoms with E-state index in [9.17, 15) is 9.59 Å². The first kappa shape index (κ1) is 23.3. The predicted octanol–water partition coefficient (Wildman–Crippen LogP) is 2.17. The molecular formula is C24H32N4O5. The fourth-order valence-corrected chi connectivity index (χ4v) is 4.39. The summed E-state index contributed by atoms with van der Waals surface area (Å²) in [5.41, 5.74) is 2.32. The van der Waals surface area contributed by atoms with E-state index >= 15 is 0 Å². The third kappa shape index (κ3) is 5.36. The number of nitrogens with one attached hydrogen (secondary N) is 1. The van der Waals surface area contributed by atoms with Gasteiger partial charge in [-0.05, 0) is 37.0 Å². The van der Waals surface area contributed by atoms with Crippen molar-refractivity contribution >= 4 is 11.8 Å². The lowest BCUT2D eigenvalue weighted by Crippen LogP contribution is -2.43. The fourth-order valence-electron chi connectivity index (χ4n) is 4.39. The van der Waals surface area contributed by atoms with Gasteiger partial charge in [0.1, 0.15) is 11.9 Å². The summed E-state index contributed by atoms with van der Waals surface area (Å²) in [4.78, 5) is 31.7.